The first-order valence-corrected chi connectivity index (χ1v) is 2.58. The van der Waals surface area contributed by atoms with Crippen LogP contribution >= 0.6 is 0 Å². The molecule has 0 saturated carbocycles. The molecule has 0 bridgehead atoms. The molecular formula is C5H11NO3. The van der Waals surface area contributed by atoms with E-state index in [-0.39, 0.29) is 11.6 Å². The maximum Gasteiger partial charge on any atom is 0.261 e. The number of amides is 1. The van der Waals surface area contributed by atoms with Gasteiger partial charge in [0.15, 0.2) is 0 Å². The third-order valence-corrected chi connectivity index (χ3v) is 0.458. The van der Waals surface area contributed by atoms with Gasteiger partial charge in [0.1, 0.15) is 0 Å². The minimum Gasteiger partial charge on any atom is -0.274 e. The van der Waals surface area contributed by atoms with E-state index in [9.17, 15) is 4.79 Å². The summed E-state index contributed by atoms with van der Waals surface area (Å²) in [5, 5.41) is 8.59. The topological polar surface area (TPSA) is 49.8 Å². The van der Waals surface area contributed by atoms with Crippen molar-refractivity contribution in [1.82, 2.24) is 5.23 Å². The minimum atomic E-state index is -0.532. The Balaban J connectivity index is 3.59. The van der Waals surface area contributed by atoms with Crippen molar-refractivity contribution in [3.8, 4) is 0 Å². The van der Waals surface area contributed by atoms with Crippen LogP contribution in [0.5, 0.6) is 0 Å². The van der Waals surface area contributed by atoms with Gasteiger partial charge in [0, 0.05) is 0 Å². The second-order valence-electron chi connectivity index (χ2n) is 2.61. The lowest BCUT2D eigenvalue weighted by molar-refractivity contribution is -0.343. The molecule has 1 amide bonds. The normalized spacial score (nSPS) is 11.1. The predicted octanol–water partition coefficient (Wildman–Crippen LogP) is 0.564. The molecule has 0 aromatic carbocycles. The Morgan fingerprint density at radius 2 is 2.00 bits per heavy atom. The van der Waals surface area contributed by atoms with Crippen LogP contribution in [0.1, 0.15) is 20.8 Å². The molecule has 0 atom stereocenters. The van der Waals surface area contributed by atoms with E-state index in [4.69, 9.17) is 5.21 Å². The van der Waals surface area contributed by atoms with Gasteiger partial charge in [-0.25, -0.2) is 4.84 Å². The van der Waals surface area contributed by atoms with Crippen LogP contribution in [-0.4, -0.2) is 22.4 Å². The lowest BCUT2D eigenvalue weighted by atomic mass is 10.2. The molecule has 54 valence electrons. The number of hydroxylamine groups is 2. The van der Waals surface area contributed by atoms with E-state index in [0.29, 0.717) is 0 Å². The van der Waals surface area contributed by atoms with E-state index in [2.05, 4.69) is 4.84 Å². The molecule has 0 rings (SSSR count). The van der Waals surface area contributed by atoms with E-state index < -0.39 is 5.60 Å². The molecule has 4 nitrogen and oxygen atoms in total. The van der Waals surface area contributed by atoms with Crippen LogP contribution in [0.15, 0.2) is 0 Å². The van der Waals surface area contributed by atoms with Gasteiger partial charge >= 0.3 is 0 Å². The summed E-state index contributed by atoms with van der Waals surface area (Å²) in [5.41, 5.74) is -0.532. The van der Waals surface area contributed by atoms with Crippen molar-refractivity contribution in [1.29, 1.82) is 0 Å². The summed E-state index contributed by atoms with van der Waals surface area (Å²) in [7, 11) is 0. The molecule has 0 aliphatic carbocycles. The van der Waals surface area contributed by atoms with E-state index in [1.807, 2.05) is 0 Å². The summed E-state index contributed by atoms with van der Waals surface area (Å²) in [4.78, 5) is 14.3. The Morgan fingerprint density at radius 1 is 1.56 bits per heavy atom. The van der Waals surface area contributed by atoms with Gasteiger partial charge in [0.2, 0.25) is 0 Å². The number of hydrogen-bond donors (Lipinski definition) is 1. The number of carbonyl (C=O) groups excluding carboxylic acids is 1. The highest BCUT2D eigenvalue weighted by Gasteiger charge is 2.13. The summed E-state index contributed by atoms with van der Waals surface area (Å²) >= 11 is 0. The largest absolute Gasteiger partial charge is 0.274 e. The molecule has 9 heavy (non-hydrogen) atoms. The van der Waals surface area contributed by atoms with E-state index in [0.717, 1.165) is 0 Å². The molecule has 0 fully saturated rings. The number of carbonyl (C=O) groups is 1. The second kappa shape index (κ2) is 2.80. The second-order valence-corrected chi connectivity index (χ2v) is 2.61. The average Bonchev–Trinajstić information content (AvgIpc) is 1.62. The van der Waals surface area contributed by atoms with E-state index >= 15 is 0 Å². The first kappa shape index (κ1) is 8.39. The highest BCUT2D eigenvalue weighted by Crippen LogP contribution is 2.06. The quantitative estimate of drug-likeness (QED) is 0.340. The smallest absolute Gasteiger partial charge is 0.261 e. The fourth-order valence-corrected chi connectivity index (χ4v) is 0.302. The number of rotatable bonds is 2. The van der Waals surface area contributed by atoms with Crippen molar-refractivity contribution in [2.75, 3.05) is 0 Å². The Morgan fingerprint density at radius 3 is 2.11 bits per heavy atom. The number of nitrogens with zero attached hydrogens (tertiary/aromatic N) is 1. The average molecular weight is 133 g/mol. The van der Waals surface area contributed by atoms with Crippen molar-refractivity contribution in [3.63, 3.8) is 0 Å². The fraction of sp³-hybridized carbons (Fsp3) is 0.800. The highest BCUT2D eigenvalue weighted by molar-refractivity contribution is 5.42. The van der Waals surface area contributed by atoms with Crippen molar-refractivity contribution < 1.29 is 14.8 Å². The molecule has 0 heterocycles. The molecule has 4 heteroatoms. The van der Waals surface area contributed by atoms with Crippen LogP contribution in [0, 0.1) is 0 Å². The number of hydrogen-bond acceptors (Lipinski definition) is 3. The maximum absolute atomic E-state index is 9.73. The lowest BCUT2D eigenvalue weighted by Crippen LogP contribution is -2.30. The Bertz CT molecular complexity index is 96.9. The van der Waals surface area contributed by atoms with Crippen molar-refractivity contribution in [2.24, 2.45) is 0 Å². The van der Waals surface area contributed by atoms with Gasteiger partial charge in [-0.1, -0.05) is 5.23 Å². The maximum atomic E-state index is 9.73. The van der Waals surface area contributed by atoms with Crippen LogP contribution in [0.2, 0.25) is 0 Å². The third kappa shape index (κ3) is 5.26. The zero-order valence-corrected chi connectivity index (χ0v) is 5.79. The highest BCUT2D eigenvalue weighted by atomic mass is 16.9. The predicted molar refractivity (Wildman–Crippen MR) is 30.5 cm³/mol. The Kier molecular flexibility index (Phi) is 2.61. The lowest BCUT2D eigenvalue weighted by Gasteiger charge is -2.20. The molecule has 0 aliphatic heterocycles. The van der Waals surface area contributed by atoms with Crippen LogP contribution in [0.25, 0.3) is 0 Å². The van der Waals surface area contributed by atoms with Gasteiger partial charge in [-0.15, -0.1) is 0 Å². The van der Waals surface area contributed by atoms with Gasteiger partial charge < -0.3 is 0 Å². The molecule has 1 N–H and O–H groups in total. The van der Waals surface area contributed by atoms with Crippen LogP contribution in [-0.2, 0) is 9.63 Å². The standard InChI is InChI=1S/C5H11NO3/c1-5(2,3)9-6(8)4-7/h4,8H,1-3H3. The van der Waals surface area contributed by atoms with Crippen LogP contribution in [0.4, 0.5) is 0 Å². The van der Waals surface area contributed by atoms with Gasteiger partial charge in [-0.05, 0) is 20.8 Å². The van der Waals surface area contributed by atoms with E-state index in [1.165, 1.54) is 0 Å². The molecule has 0 aliphatic rings. The summed E-state index contributed by atoms with van der Waals surface area (Å²) in [5.74, 6) is 0. The van der Waals surface area contributed by atoms with Gasteiger partial charge in [-0.3, -0.25) is 10.0 Å². The molecule has 0 radical (unpaired) electrons. The molecule has 0 aromatic rings. The van der Waals surface area contributed by atoms with Gasteiger partial charge in [-0.2, -0.15) is 0 Å². The van der Waals surface area contributed by atoms with Crippen molar-refractivity contribution >= 4 is 6.41 Å². The Labute approximate surface area is 53.9 Å². The molecule has 0 aromatic heterocycles. The SMILES string of the molecule is CC(C)(C)ON(O)C=O. The molecule has 0 spiro atoms. The monoisotopic (exact) mass is 133 g/mol. The first-order chi connectivity index (χ1) is 3.95. The summed E-state index contributed by atoms with van der Waals surface area (Å²) in [6.07, 6.45) is 0.186. The fourth-order valence-electron chi connectivity index (χ4n) is 0.302. The van der Waals surface area contributed by atoms with Crippen LogP contribution in [0.3, 0.4) is 0 Å². The van der Waals surface area contributed by atoms with Gasteiger partial charge in [0.05, 0.1) is 5.60 Å². The molecular weight excluding hydrogens is 122 g/mol. The molecule has 0 unspecified atom stereocenters. The molecule has 0 saturated heterocycles. The summed E-state index contributed by atoms with van der Waals surface area (Å²) in [6, 6.07) is 0. The summed E-state index contributed by atoms with van der Waals surface area (Å²) < 4.78 is 0. The minimum absolute atomic E-state index is 0.153. The van der Waals surface area contributed by atoms with Crippen LogP contribution < -0.4 is 0 Å². The third-order valence-electron chi connectivity index (χ3n) is 0.458. The zero-order valence-electron chi connectivity index (χ0n) is 5.79. The van der Waals surface area contributed by atoms with Gasteiger partial charge in [0.25, 0.3) is 6.41 Å². The Hall–Kier alpha value is -0.610. The first-order valence-electron chi connectivity index (χ1n) is 2.58. The summed E-state index contributed by atoms with van der Waals surface area (Å²) in [6.45, 7) is 5.17. The zero-order chi connectivity index (χ0) is 7.49. The van der Waals surface area contributed by atoms with Crippen molar-refractivity contribution in [2.45, 2.75) is 26.4 Å². The van der Waals surface area contributed by atoms with Crippen molar-refractivity contribution in [3.05, 3.63) is 0 Å². The van der Waals surface area contributed by atoms with E-state index in [1.54, 1.807) is 20.8 Å².